The monoisotopic (exact) mass is 917 g/mol. The Labute approximate surface area is 422 Å². The number of hydrogen-bond acceptors (Lipinski definition) is 0. The quantitative estimate of drug-likeness (QED) is 0.0874. The molecule has 4 aliphatic rings. The van der Waals surface area contributed by atoms with Crippen molar-refractivity contribution in [2.24, 2.45) is 0 Å². The Morgan fingerprint density at radius 3 is 0.757 bits per heavy atom. The summed E-state index contributed by atoms with van der Waals surface area (Å²) >= 11 is 0. The summed E-state index contributed by atoms with van der Waals surface area (Å²) in [6.07, 6.45) is 14.2. The molecule has 0 heterocycles. The third-order valence-corrected chi connectivity index (χ3v) is 15.6. The van der Waals surface area contributed by atoms with E-state index in [0.29, 0.717) is 0 Å². The van der Waals surface area contributed by atoms with Crippen LogP contribution in [0.1, 0.15) is 148 Å². The van der Waals surface area contributed by atoms with E-state index < -0.39 is 0 Å². The molecule has 0 atom stereocenters. The standard InChI is InChI=1S/C40H38.3C7H8.C7H12.C2H2/c1-19-15-25-29-26(16-19)38(5,6)22-12-14-24-34-32(22)35(29)31-21(37(25,3)4)11-13-23-33(31)36(34)30-27(39(23,7)8)17-20(2)18-28(30)40(24,9)10;3*1-7-5-3-2-4-6-7;1-4-6-7(3)5-2;1-2/h11-18H,1-10H3;3*2-6H,1H3;4-6H,1-3H3;1-2H/b;;;;6-4-,7-5-;. The molecule has 0 fully saturated rings. The number of benzene rings is 8. The molecule has 0 N–H and O–H groups in total. The summed E-state index contributed by atoms with van der Waals surface area (Å²) in [4.78, 5) is 0. The lowest BCUT2D eigenvalue weighted by molar-refractivity contribution is 0.604. The van der Waals surface area contributed by atoms with E-state index in [4.69, 9.17) is 0 Å². The van der Waals surface area contributed by atoms with E-state index in [0.717, 1.165) is 0 Å². The van der Waals surface area contributed by atoms with E-state index in [-0.39, 0.29) is 21.7 Å². The van der Waals surface area contributed by atoms with Gasteiger partial charge in [0.25, 0.3) is 0 Å². The van der Waals surface area contributed by atoms with Crippen molar-refractivity contribution in [2.45, 2.75) is 132 Å². The molecule has 8 aromatic rings. The normalized spacial score (nSPS) is 15.4. The van der Waals surface area contributed by atoms with Crippen molar-refractivity contribution < 1.29 is 0 Å². The van der Waals surface area contributed by atoms with Crippen molar-refractivity contribution in [3.8, 4) is 35.1 Å². The molecule has 0 aromatic heterocycles. The van der Waals surface area contributed by atoms with Gasteiger partial charge in [0.1, 0.15) is 0 Å². The average molecular weight is 917 g/mol. The average Bonchev–Trinajstić information content (AvgIpc) is 3.33. The molecule has 0 nitrogen and oxygen atoms in total. The van der Waals surface area contributed by atoms with Crippen LogP contribution in [0.3, 0.4) is 0 Å². The molecule has 70 heavy (non-hydrogen) atoms. The maximum Gasteiger partial charge on any atom is 0.0159 e. The van der Waals surface area contributed by atoms with Gasteiger partial charge in [0, 0.05) is 21.7 Å². The predicted octanol–water partition coefficient (Wildman–Crippen LogP) is 19.3. The van der Waals surface area contributed by atoms with Crippen LogP contribution in [0.2, 0.25) is 0 Å². The fourth-order valence-corrected chi connectivity index (χ4v) is 11.7. The van der Waals surface area contributed by atoms with Crippen LogP contribution >= 0.6 is 0 Å². The Balaban J connectivity index is 0.000000194. The van der Waals surface area contributed by atoms with Crippen molar-refractivity contribution >= 4 is 21.5 Å². The summed E-state index contributed by atoms with van der Waals surface area (Å²) in [5.74, 6) is 0. The van der Waals surface area contributed by atoms with Crippen LogP contribution in [0.5, 0.6) is 0 Å². The van der Waals surface area contributed by atoms with Gasteiger partial charge in [-0.15, -0.1) is 12.8 Å². The molecule has 0 saturated heterocycles. The molecular formula is C70H76. The molecule has 12 rings (SSSR count). The molecule has 0 radical (unpaired) electrons. The first-order valence-electron chi connectivity index (χ1n) is 25.3. The topological polar surface area (TPSA) is 0 Å². The highest BCUT2D eigenvalue weighted by Crippen LogP contribution is 2.66. The van der Waals surface area contributed by atoms with E-state index in [1.54, 1.807) is 0 Å². The van der Waals surface area contributed by atoms with Gasteiger partial charge in [0.2, 0.25) is 0 Å². The number of rotatable bonds is 1. The number of hydrogen-bond donors (Lipinski definition) is 0. The summed E-state index contributed by atoms with van der Waals surface area (Å²) in [6.45, 7) is 36.7. The number of aryl methyl sites for hydroxylation is 5. The van der Waals surface area contributed by atoms with Crippen LogP contribution in [0.25, 0.3) is 43.8 Å². The Bertz CT molecular complexity index is 2920. The third-order valence-electron chi connectivity index (χ3n) is 15.6. The SMILES string of the molecule is C#C.C/C=C\C(C)=C/C.Cc1cc2c3c(c1)C(C)(C)c1ccc4c5c6c7c(ccc(c7c-3c15)C2(C)C)C(C)(C)c1cc(C)cc(c1-6)C4(C)C.Cc1ccccc1.Cc1ccccc1.Cc1ccccc1. The maximum absolute atomic E-state index is 4.00. The molecule has 356 valence electrons. The highest BCUT2D eigenvalue weighted by atomic mass is 14.5. The molecule has 0 bridgehead atoms. The van der Waals surface area contributed by atoms with E-state index in [9.17, 15) is 0 Å². The molecule has 0 saturated carbocycles. The van der Waals surface area contributed by atoms with E-state index in [2.05, 4.69) is 207 Å². The van der Waals surface area contributed by atoms with Gasteiger partial charge in [-0.3, -0.25) is 0 Å². The minimum absolute atomic E-state index is 0.0678. The van der Waals surface area contributed by atoms with Crippen LogP contribution in [0, 0.1) is 47.5 Å². The van der Waals surface area contributed by atoms with Crippen molar-refractivity contribution in [3.05, 3.63) is 236 Å². The highest BCUT2D eigenvalue weighted by Gasteiger charge is 2.49. The Morgan fingerprint density at radius 2 is 0.586 bits per heavy atom. The Kier molecular flexibility index (Phi) is 14.3. The second-order valence-corrected chi connectivity index (χ2v) is 22.0. The minimum atomic E-state index is -0.0678. The zero-order chi connectivity index (χ0) is 51.1. The van der Waals surface area contributed by atoms with Gasteiger partial charge >= 0.3 is 0 Å². The van der Waals surface area contributed by atoms with Crippen LogP contribution < -0.4 is 0 Å². The Hall–Kier alpha value is -6.68. The number of terminal acetylenes is 1. The summed E-state index contributed by atoms with van der Waals surface area (Å²) in [5.41, 5.74) is 25.9. The minimum Gasteiger partial charge on any atom is -0.124 e. The number of allylic oxidation sites excluding steroid dienone is 4. The first kappa shape index (κ1) is 51.2. The van der Waals surface area contributed by atoms with Gasteiger partial charge < -0.3 is 0 Å². The smallest absolute Gasteiger partial charge is 0.0159 e. The van der Waals surface area contributed by atoms with Crippen LogP contribution in [0.15, 0.2) is 163 Å². The van der Waals surface area contributed by atoms with Crippen molar-refractivity contribution in [1.82, 2.24) is 0 Å². The fraction of sp³-hybridized carbons (Fsp3) is 0.286. The summed E-state index contributed by atoms with van der Waals surface area (Å²) < 4.78 is 0. The maximum atomic E-state index is 4.00. The summed E-state index contributed by atoms with van der Waals surface area (Å²) in [6, 6.07) is 50.7. The van der Waals surface area contributed by atoms with Crippen LogP contribution in [0.4, 0.5) is 0 Å². The van der Waals surface area contributed by atoms with Gasteiger partial charge in [-0.2, -0.15) is 0 Å². The lowest BCUT2D eigenvalue weighted by atomic mass is 9.54. The van der Waals surface area contributed by atoms with Gasteiger partial charge in [-0.25, -0.2) is 0 Å². The first-order chi connectivity index (χ1) is 33.2. The molecule has 4 aliphatic carbocycles. The van der Waals surface area contributed by atoms with E-state index in [1.165, 1.54) is 122 Å². The Morgan fingerprint density at radius 1 is 0.343 bits per heavy atom. The van der Waals surface area contributed by atoms with E-state index >= 15 is 0 Å². The highest BCUT2D eigenvalue weighted by molar-refractivity contribution is 6.29. The molecule has 0 spiro atoms. The lowest BCUT2D eigenvalue weighted by Gasteiger charge is -2.49. The van der Waals surface area contributed by atoms with Gasteiger partial charge in [-0.05, 0) is 144 Å². The van der Waals surface area contributed by atoms with Gasteiger partial charge in [-0.1, -0.05) is 247 Å². The first-order valence-corrected chi connectivity index (χ1v) is 25.3. The van der Waals surface area contributed by atoms with E-state index in [1.807, 2.05) is 74.5 Å². The van der Waals surface area contributed by atoms with Gasteiger partial charge in [0.05, 0.1) is 0 Å². The van der Waals surface area contributed by atoms with Crippen molar-refractivity contribution in [2.75, 3.05) is 0 Å². The van der Waals surface area contributed by atoms with Crippen molar-refractivity contribution in [3.63, 3.8) is 0 Å². The molecule has 0 unspecified atom stereocenters. The second-order valence-electron chi connectivity index (χ2n) is 22.0. The molecule has 0 heteroatoms. The summed E-state index contributed by atoms with van der Waals surface area (Å²) in [7, 11) is 0. The predicted molar refractivity (Wildman–Crippen MR) is 308 cm³/mol. The largest absolute Gasteiger partial charge is 0.124 e. The van der Waals surface area contributed by atoms with Crippen molar-refractivity contribution in [1.29, 1.82) is 0 Å². The summed E-state index contributed by atoms with van der Waals surface area (Å²) in [5, 5.41) is 6.12. The van der Waals surface area contributed by atoms with Crippen LogP contribution in [-0.4, -0.2) is 0 Å². The fourth-order valence-electron chi connectivity index (χ4n) is 11.7. The van der Waals surface area contributed by atoms with Gasteiger partial charge in [0.15, 0.2) is 0 Å². The zero-order valence-electron chi connectivity index (χ0n) is 45.2. The zero-order valence-corrected chi connectivity index (χ0v) is 45.2. The lowest BCUT2D eigenvalue weighted by Crippen LogP contribution is -2.35. The molecule has 0 aliphatic heterocycles. The third kappa shape index (κ3) is 8.68. The molecular weight excluding hydrogens is 841 g/mol. The van der Waals surface area contributed by atoms with Crippen LogP contribution in [-0.2, 0) is 21.7 Å². The molecule has 0 amide bonds. The molecule has 8 aromatic carbocycles. The second kappa shape index (κ2) is 19.6.